The van der Waals surface area contributed by atoms with Gasteiger partial charge in [-0.1, -0.05) is 27.7 Å². The Kier molecular flexibility index (Phi) is 8.77. The molecule has 1 atom stereocenters. The lowest BCUT2D eigenvalue weighted by Gasteiger charge is -2.25. The van der Waals surface area contributed by atoms with E-state index in [1.54, 1.807) is 0 Å². The van der Waals surface area contributed by atoms with Crippen molar-refractivity contribution in [2.24, 2.45) is 11.7 Å². The van der Waals surface area contributed by atoms with Crippen molar-refractivity contribution in [3.63, 3.8) is 0 Å². The summed E-state index contributed by atoms with van der Waals surface area (Å²) in [6, 6.07) is -0.175. The summed E-state index contributed by atoms with van der Waals surface area (Å²) in [5.74, 6) is 0.423. The third-order valence-corrected chi connectivity index (χ3v) is 4.32. The van der Waals surface area contributed by atoms with Crippen molar-refractivity contribution in [3.05, 3.63) is 0 Å². The Morgan fingerprint density at radius 2 is 1.67 bits per heavy atom. The van der Waals surface area contributed by atoms with E-state index in [1.807, 2.05) is 13.8 Å². The molecule has 110 valence electrons. The normalized spacial score (nSPS) is 14.4. The van der Waals surface area contributed by atoms with E-state index in [0.29, 0.717) is 25.6 Å². The molecule has 6 heteroatoms. The van der Waals surface area contributed by atoms with E-state index in [-0.39, 0.29) is 6.04 Å². The number of hydrogen-bond acceptors (Lipinski definition) is 3. The van der Waals surface area contributed by atoms with Crippen LogP contribution >= 0.6 is 0 Å². The highest BCUT2D eigenvalue weighted by atomic mass is 32.2. The van der Waals surface area contributed by atoms with Crippen LogP contribution in [-0.2, 0) is 10.2 Å². The van der Waals surface area contributed by atoms with Crippen LogP contribution in [0.25, 0.3) is 0 Å². The summed E-state index contributed by atoms with van der Waals surface area (Å²) in [6.45, 7) is 9.53. The molecule has 0 aliphatic carbocycles. The fourth-order valence-electron chi connectivity index (χ4n) is 1.90. The van der Waals surface area contributed by atoms with Gasteiger partial charge in [0.05, 0.1) is 0 Å². The van der Waals surface area contributed by atoms with Crippen LogP contribution in [0.1, 0.15) is 47.0 Å². The third kappa shape index (κ3) is 6.68. The van der Waals surface area contributed by atoms with Gasteiger partial charge in [0.25, 0.3) is 10.2 Å². The molecule has 0 aromatic rings. The second-order valence-electron chi connectivity index (χ2n) is 5.08. The summed E-state index contributed by atoms with van der Waals surface area (Å²) >= 11 is 0. The maximum Gasteiger partial charge on any atom is 0.279 e. The molecule has 0 rings (SSSR count). The second-order valence-corrected chi connectivity index (χ2v) is 6.79. The average molecular weight is 279 g/mol. The van der Waals surface area contributed by atoms with E-state index in [2.05, 4.69) is 18.6 Å². The fourth-order valence-corrected chi connectivity index (χ4v) is 3.51. The van der Waals surface area contributed by atoms with Gasteiger partial charge in [-0.05, 0) is 25.2 Å². The second kappa shape index (κ2) is 8.85. The molecule has 5 nitrogen and oxygen atoms in total. The average Bonchev–Trinajstić information content (AvgIpc) is 2.27. The van der Waals surface area contributed by atoms with E-state index in [4.69, 9.17) is 5.73 Å². The lowest BCUT2D eigenvalue weighted by Crippen LogP contribution is -2.48. The summed E-state index contributed by atoms with van der Waals surface area (Å²) in [4.78, 5) is 0. The number of rotatable bonds is 10. The minimum absolute atomic E-state index is 0.175. The predicted octanol–water partition coefficient (Wildman–Crippen LogP) is 1.32. The Hall–Kier alpha value is -0.170. The molecule has 18 heavy (non-hydrogen) atoms. The Bertz CT molecular complexity index is 298. The van der Waals surface area contributed by atoms with Gasteiger partial charge in [0, 0.05) is 25.7 Å². The monoisotopic (exact) mass is 279 g/mol. The highest BCUT2D eigenvalue weighted by Crippen LogP contribution is 2.08. The van der Waals surface area contributed by atoms with Gasteiger partial charge in [-0.3, -0.25) is 0 Å². The van der Waals surface area contributed by atoms with E-state index in [9.17, 15) is 8.42 Å². The number of nitrogens with two attached hydrogens (primary N) is 1. The van der Waals surface area contributed by atoms with Gasteiger partial charge in [0.15, 0.2) is 0 Å². The minimum atomic E-state index is -3.40. The van der Waals surface area contributed by atoms with Crippen LogP contribution in [0.3, 0.4) is 0 Å². The van der Waals surface area contributed by atoms with Crippen LogP contribution in [0.5, 0.6) is 0 Å². The van der Waals surface area contributed by atoms with Gasteiger partial charge in [0.2, 0.25) is 0 Å². The molecule has 0 saturated carbocycles. The molecule has 0 amide bonds. The Balaban J connectivity index is 4.66. The minimum Gasteiger partial charge on any atom is -0.329 e. The quantitative estimate of drug-likeness (QED) is 0.633. The van der Waals surface area contributed by atoms with Gasteiger partial charge < -0.3 is 5.73 Å². The first-order valence-electron chi connectivity index (χ1n) is 6.84. The first-order valence-corrected chi connectivity index (χ1v) is 8.28. The number of nitrogens with one attached hydrogen (secondary N) is 1. The molecular formula is C12H29N3O2S. The van der Waals surface area contributed by atoms with E-state index >= 15 is 0 Å². The Morgan fingerprint density at radius 1 is 1.17 bits per heavy atom. The summed E-state index contributed by atoms with van der Waals surface area (Å²) in [6.07, 6.45) is 2.40. The molecule has 0 heterocycles. The topological polar surface area (TPSA) is 75.4 Å². The molecule has 0 radical (unpaired) electrons. The van der Waals surface area contributed by atoms with Crippen molar-refractivity contribution < 1.29 is 8.42 Å². The molecule has 0 aromatic carbocycles. The molecule has 3 N–H and O–H groups in total. The van der Waals surface area contributed by atoms with Gasteiger partial charge in [0.1, 0.15) is 0 Å². The van der Waals surface area contributed by atoms with Crippen LogP contribution in [0, 0.1) is 5.92 Å². The van der Waals surface area contributed by atoms with Crippen molar-refractivity contribution in [1.82, 2.24) is 9.03 Å². The van der Waals surface area contributed by atoms with Gasteiger partial charge in [-0.2, -0.15) is 17.4 Å². The maximum atomic E-state index is 12.2. The van der Waals surface area contributed by atoms with Crippen LogP contribution in [-0.4, -0.2) is 38.4 Å². The first-order chi connectivity index (χ1) is 8.37. The summed E-state index contributed by atoms with van der Waals surface area (Å²) in [7, 11) is -3.40. The highest BCUT2D eigenvalue weighted by molar-refractivity contribution is 7.87. The first kappa shape index (κ1) is 17.8. The predicted molar refractivity (Wildman–Crippen MR) is 76.5 cm³/mol. The smallest absolute Gasteiger partial charge is 0.279 e. The van der Waals surface area contributed by atoms with Crippen molar-refractivity contribution in [1.29, 1.82) is 0 Å². The van der Waals surface area contributed by atoms with Gasteiger partial charge in [-0.25, -0.2) is 0 Å². The number of hydrogen-bond donors (Lipinski definition) is 2. The molecule has 0 bridgehead atoms. The summed E-state index contributed by atoms with van der Waals surface area (Å²) < 4.78 is 28.7. The molecule has 0 fully saturated rings. The van der Waals surface area contributed by atoms with E-state index < -0.39 is 10.2 Å². The maximum absolute atomic E-state index is 12.2. The lowest BCUT2D eigenvalue weighted by atomic mass is 10.1. The van der Waals surface area contributed by atoms with Gasteiger partial charge in [-0.15, -0.1) is 0 Å². The molecule has 0 spiro atoms. The Labute approximate surface area is 112 Å². The SMILES string of the molecule is CCCN(CCC)S(=O)(=O)NC(CN)CC(C)C. The molecule has 1 unspecified atom stereocenters. The number of nitrogens with zero attached hydrogens (tertiary/aromatic N) is 1. The largest absolute Gasteiger partial charge is 0.329 e. The van der Waals surface area contributed by atoms with Crippen molar-refractivity contribution in [2.75, 3.05) is 19.6 Å². The van der Waals surface area contributed by atoms with Crippen LogP contribution < -0.4 is 10.5 Å². The zero-order valence-corrected chi connectivity index (χ0v) is 13.0. The molecule has 0 aliphatic rings. The Morgan fingerprint density at radius 3 is 2.00 bits per heavy atom. The van der Waals surface area contributed by atoms with Crippen LogP contribution in [0.4, 0.5) is 0 Å². The van der Waals surface area contributed by atoms with Crippen molar-refractivity contribution in [3.8, 4) is 0 Å². The standard InChI is InChI=1S/C12H29N3O2S/c1-5-7-15(8-6-2)18(16,17)14-12(10-13)9-11(3)4/h11-12,14H,5-10,13H2,1-4H3. The molecule has 0 aromatic heterocycles. The summed E-state index contributed by atoms with van der Waals surface area (Å²) in [5.41, 5.74) is 5.63. The highest BCUT2D eigenvalue weighted by Gasteiger charge is 2.23. The van der Waals surface area contributed by atoms with E-state index in [1.165, 1.54) is 4.31 Å². The van der Waals surface area contributed by atoms with Crippen LogP contribution in [0.2, 0.25) is 0 Å². The van der Waals surface area contributed by atoms with Gasteiger partial charge >= 0.3 is 0 Å². The molecule has 0 saturated heterocycles. The van der Waals surface area contributed by atoms with Crippen molar-refractivity contribution >= 4 is 10.2 Å². The third-order valence-electron chi connectivity index (χ3n) is 2.64. The molecule has 0 aliphatic heterocycles. The summed E-state index contributed by atoms with van der Waals surface area (Å²) in [5, 5.41) is 0. The lowest BCUT2D eigenvalue weighted by molar-refractivity contribution is 0.386. The van der Waals surface area contributed by atoms with E-state index in [0.717, 1.165) is 19.3 Å². The molecular weight excluding hydrogens is 250 g/mol. The van der Waals surface area contributed by atoms with Crippen LogP contribution in [0.15, 0.2) is 0 Å². The fraction of sp³-hybridized carbons (Fsp3) is 1.00. The zero-order chi connectivity index (χ0) is 14.2. The zero-order valence-electron chi connectivity index (χ0n) is 12.1. The van der Waals surface area contributed by atoms with Crippen molar-refractivity contribution in [2.45, 2.75) is 53.0 Å².